The van der Waals surface area contributed by atoms with Crippen molar-refractivity contribution in [3.63, 3.8) is 0 Å². The number of aliphatic hydroxyl groups is 1. The van der Waals surface area contributed by atoms with Gasteiger partial charge in [0.2, 0.25) is 0 Å². The van der Waals surface area contributed by atoms with E-state index in [4.69, 9.17) is 14.6 Å². The summed E-state index contributed by atoms with van der Waals surface area (Å²) in [6, 6.07) is 3.73. The third kappa shape index (κ3) is 3.44. The van der Waals surface area contributed by atoms with Crippen molar-refractivity contribution in [3.05, 3.63) is 26.6 Å². The van der Waals surface area contributed by atoms with Gasteiger partial charge in [-0.25, -0.2) is 0 Å². The van der Waals surface area contributed by atoms with Crippen molar-refractivity contribution < 1.29 is 14.6 Å². The molecule has 94 valence electrons. The van der Waals surface area contributed by atoms with E-state index in [2.05, 4.69) is 31.9 Å². The fourth-order valence-electron chi connectivity index (χ4n) is 1.79. The Morgan fingerprint density at radius 2 is 2.06 bits per heavy atom. The van der Waals surface area contributed by atoms with E-state index in [1.165, 1.54) is 0 Å². The molecule has 0 radical (unpaired) electrons. The molecule has 0 amide bonds. The van der Waals surface area contributed by atoms with E-state index in [1.807, 2.05) is 12.1 Å². The molecule has 17 heavy (non-hydrogen) atoms. The number of hydrogen-bond donors (Lipinski definition) is 1. The Balaban J connectivity index is 2.14. The van der Waals surface area contributed by atoms with Crippen LogP contribution in [0.3, 0.4) is 0 Å². The Kier molecular flexibility index (Phi) is 4.85. The van der Waals surface area contributed by atoms with Crippen LogP contribution in [0.4, 0.5) is 0 Å². The van der Waals surface area contributed by atoms with E-state index < -0.39 is 0 Å². The van der Waals surface area contributed by atoms with Gasteiger partial charge in [-0.05, 0) is 62.4 Å². The lowest BCUT2D eigenvalue weighted by Crippen LogP contribution is -2.28. The number of halogens is 2. The number of ether oxygens (including phenoxy) is 2. The molecule has 0 spiro atoms. The minimum Gasteiger partial charge on any atom is -0.486 e. The molecule has 1 saturated heterocycles. The Morgan fingerprint density at radius 1 is 1.35 bits per heavy atom. The average molecular weight is 366 g/mol. The number of rotatable bonds is 3. The van der Waals surface area contributed by atoms with Gasteiger partial charge >= 0.3 is 0 Å². The van der Waals surface area contributed by atoms with Crippen LogP contribution in [0.2, 0.25) is 0 Å². The van der Waals surface area contributed by atoms with E-state index in [-0.39, 0.29) is 12.7 Å². The van der Waals surface area contributed by atoms with Crippen molar-refractivity contribution in [2.75, 3.05) is 13.2 Å². The first kappa shape index (κ1) is 13.3. The summed E-state index contributed by atoms with van der Waals surface area (Å²) in [6.45, 7) is 1.48. The van der Waals surface area contributed by atoms with Crippen LogP contribution in [-0.4, -0.2) is 24.4 Å². The topological polar surface area (TPSA) is 38.7 Å². The van der Waals surface area contributed by atoms with Crippen LogP contribution in [0.1, 0.15) is 18.4 Å². The third-order valence-electron chi connectivity index (χ3n) is 2.64. The Bertz CT molecular complexity index is 366. The molecule has 1 fully saturated rings. The Hall–Kier alpha value is -0.100. The van der Waals surface area contributed by atoms with Gasteiger partial charge < -0.3 is 14.6 Å². The molecule has 2 rings (SSSR count). The lowest BCUT2D eigenvalue weighted by atomic mass is 10.1. The molecule has 0 bridgehead atoms. The highest BCUT2D eigenvalue weighted by Crippen LogP contribution is 2.36. The van der Waals surface area contributed by atoms with Crippen molar-refractivity contribution >= 4 is 31.9 Å². The predicted molar refractivity (Wildman–Crippen MR) is 72.2 cm³/mol. The number of hydrogen-bond acceptors (Lipinski definition) is 3. The van der Waals surface area contributed by atoms with Crippen molar-refractivity contribution in [3.8, 4) is 5.75 Å². The van der Waals surface area contributed by atoms with Gasteiger partial charge in [0.05, 0.1) is 22.2 Å². The van der Waals surface area contributed by atoms with E-state index in [0.717, 1.165) is 39.7 Å². The van der Waals surface area contributed by atoms with Gasteiger partial charge in [0.25, 0.3) is 0 Å². The molecule has 0 aromatic heterocycles. The highest BCUT2D eigenvalue weighted by molar-refractivity contribution is 9.11. The summed E-state index contributed by atoms with van der Waals surface area (Å²) >= 11 is 6.92. The zero-order valence-electron chi connectivity index (χ0n) is 9.29. The summed E-state index contributed by atoms with van der Waals surface area (Å²) in [7, 11) is 0. The zero-order chi connectivity index (χ0) is 12.3. The summed E-state index contributed by atoms with van der Waals surface area (Å²) in [5.41, 5.74) is 0.844. The molecule has 1 atom stereocenters. The average Bonchev–Trinajstić information content (AvgIpc) is 2.35. The quantitative estimate of drug-likeness (QED) is 0.893. The van der Waals surface area contributed by atoms with Crippen LogP contribution in [-0.2, 0) is 11.3 Å². The van der Waals surface area contributed by atoms with Gasteiger partial charge in [-0.1, -0.05) is 0 Å². The smallest absolute Gasteiger partial charge is 0.148 e. The van der Waals surface area contributed by atoms with Gasteiger partial charge in [0, 0.05) is 6.61 Å². The second-order valence-corrected chi connectivity index (χ2v) is 5.71. The van der Waals surface area contributed by atoms with Gasteiger partial charge in [0.1, 0.15) is 11.9 Å². The maximum atomic E-state index is 9.10. The van der Waals surface area contributed by atoms with Gasteiger partial charge in [-0.15, -0.1) is 0 Å². The van der Waals surface area contributed by atoms with Crippen LogP contribution in [0.5, 0.6) is 5.75 Å². The molecule has 1 aliphatic rings. The summed E-state index contributed by atoms with van der Waals surface area (Å²) < 4.78 is 13.0. The van der Waals surface area contributed by atoms with Crippen LogP contribution in [0.15, 0.2) is 21.1 Å². The lowest BCUT2D eigenvalue weighted by Gasteiger charge is -2.24. The predicted octanol–water partition coefficient (Wildman–Crippen LogP) is 3.26. The number of aliphatic hydroxyl groups excluding tert-OH is 1. The van der Waals surface area contributed by atoms with Crippen molar-refractivity contribution in [2.24, 2.45) is 0 Å². The standard InChI is InChI=1S/C12H14Br2O3/c13-10-4-8(6-15)5-11(14)12(10)17-9-2-1-3-16-7-9/h4-5,9,15H,1-3,6-7H2. The van der Waals surface area contributed by atoms with Crippen molar-refractivity contribution in [1.82, 2.24) is 0 Å². The lowest BCUT2D eigenvalue weighted by molar-refractivity contribution is 0.00677. The van der Waals surface area contributed by atoms with Crippen LogP contribution < -0.4 is 4.74 Å². The minimum absolute atomic E-state index is 0.0179. The maximum Gasteiger partial charge on any atom is 0.148 e. The molecule has 1 aliphatic heterocycles. The summed E-state index contributed by atoms with van der Waals surface area (Å²) in [5.74, 6) is 0.776. The maximum absolute atomic E-state index is 9.10. The molecule has 5 heteroatoms. The van der Waals surface area contributed by atoms with E-state index in [0.29, 0.717) is 6.61 Å². The fourth-order valence-corrected chi connectivity index (χ4v) is 3.26. The second-order valence-electron chi connectivity index (χ2n) is 4.00. The first-order valence-corrected chi connectivity index (χ1v) is 7.12. The molecule has 0 aliphatic carbocycles. The van der Waals surface area contributed by atoms with Gasteiger partial charge in [-0.2, -0.15) is 0 Å². The van der Waals surface area contributed by atoms with Crippen molar-refractivity contribution in [1.29, 1.82) is 0 Å². The molecule has 0 saturated carbocycles. The SMILES string of the molecule is OCc1cc(Br)c(OC2CCCOC2)c(Br)c1. The fraction of sp³-hybridized carbons (Fsp3) is 0.500. The minimum atomic E-state index is 0.0179. The van der Waals surface area contributed by atoms with E-state index in [1.54, 1.807) is 0 Å². The molecular formula is C12H14Br2O3. The Labute approximate surface area is 117 Å². The second kappa shape index (κ2) is 6.18. The molecular weight excluding hydrogens is 352 g/mol. The summed E-state index contributed by atoms with van der Waals surface area (Å²) in [4.78, 5) is 0. The highest BCUT2D eigenvalue weighted by atomic mass is 79.9. The first-order valence-electron chi connectivity index (χ1n) is 5.54. The van der Waals surface area contributed by atoms with Crippen LogP contribution in [0, 0.1) is 0 Å². The van der Waals surface area contributed by atoms with Crippen molar-refractivity contribution in [2.45, 2.75) is 25.6 Å². The third-order valence-corrected chi connectivity index (χ3v) is 3.82. The highest BCUT2D eigenvalue weighted by Gasteiger charge is 2.18. The zero-order valence-corrected chi connectivity index (χ0v) is 12.5. The van der Waals surface area contributed by atoms with Gasteiger partial charge in [-0.3, -0.25) is 0 Å². The molecule has 3 nitrogen and oxygen atoms in total. The molecule has 1 heterocycles. The van der Waals surface area contributed by atoms with E-state index in [9.17, 15) is 0 Å². The van der Waals surface area contributed by atoms with Crippen LogP contribution in [0.25, 0.3) is 0 Å². The summed E-state index contributed by atoms with van der Waals surface area (Å²) in [6.07, 6.45) is 2.16. The van der Waals surface area contributed by atoms with Gasteiger partial charge in [0.15, 0.2) is 0 Å². The monoisotopic (exact) mass is 364 g/mol. The summed E-state index contributed by atoms with van der Waals surface area (Å²) in [5, 5.41) is 9.10. The number of benzene rings is 1. The molecule has 1 N–H and O–H groups in total. The Morgan fingerprint density at radius 3 is 2.59 bits per heavy atom. The molecule has 1 aromatic rings. The molecule has 1 aromatic carbocycles. The normalized spacial score (nSPS) is 20.3. The largest absolute Gasteiger partial charge is 0.486 e. The van der Waals surface area contributed by atoms with Crippen LogP contribution >= 0.6 is 31.9 Å². The molecule has 1 unspecified atom stereocenters. The van der Waals surface area contributed by atoms with E-state index >= 15 is 0 Å². The first-order chi connectivity index (χ1) is 8.20.